The third kappa shape index (κ3) is 4.71. The molecule has 0 aliphatic heterocycles. The number of nitrogens with zero attached hydrogens (tertiary/aromatic N) is 4. The monoisotopic (exact) mass is 666 g/mol. The molecule has 0 amide bonds. The third-order valence-electron chi connectivity index (χ3n) is 8.86. The first-order valence-corrected chi connectivity index (χ1v) is 16.7. The number of benzene rings is 7. The van der Waals surface area contributed by atoms with Gasteiger partial charge in [-0.05, 0) is 41.5 Å². The van der Waals surface area contributed by atoms with Crippen LogP contribution in [0.5, 0.6) is 0 Å². The molecule has 0 aliphatic rings. The van der Waals surface area contributed by atoms with Gasteiger partial charge in [-0.15, -0.1) is 11.3 Å². The van der Waals surface area contributed by atoms with Gasteiger partial charge in [0.15, 0.2) is 17.5 Å². The largest absolute Gasteiger partial charge is 0.309 e. The van der Waals surface area contributed by atoms with Crippen LogP contribution in [0.25, 0.3) is 93.0 Å². The van der Waals surface area contributed by atoms with Gasteiger partial charge in [-0.2, -0.15) is 0 Å². The summed E-state index contributed by atoms with van der Waals surface area (Å²) >= 11 is 1.82. The molecule has 0 N–H and O–H groups in total. The average molecular weight is 667 g/mol. The summed E-state index contributed by atoms with van der Waals surface area (Å²) in [4.78, 5) is 13.4. The summed E-state index contributed by atoms with van der Waals surface area (Å²) in [5.74, 6) is -0.608. The van der Waals surface area contributed by atoms with Crippen molar-refractivity contribution < 1.29 is 13.7 Å². The fourth-order valence-electron chi connectivity index (χ4n) is 6.58. The van der Waals surface area contributed by atoms with E-state index >= 15 is 0 Å². The van der Waals surface area contributed by atoms with Crippen molar-refractivity contribution in [1.29, 1.82) is 0 Å². The zero-order chi connectivity index (χ0) is 41.7. The maximum atomic E-state index is 8.59. The first-order chi connectivity index (χ1) is 28.9. The zero-order valence-corrected chi connectivity index (χ0v) is 26.9. The first kappa shape index (κ1) is 20.2. The number of hydrogen-bond acceptors (Lipinski definition) is 4. The van der Waals surface area contributed by atoms with Crippen LogP contribution < -0.4 is 0 Å². The number of rotatable bonds is 5. The van der Waals surface area contributed by atoms with E-state index in [1.54, 1.807) is 12.1 Å². The molecule has 50 heavy (non-hydrogen) atoms. The van der Waals surface area contributed by atoms with Gasteiger partial charge in [0.1, 0.15) is 0 Å². The highest BCUT2D eigenvalue weighted by atomic mass is 32.1. The highest BCUT2D eigenvalue weighted by Gasteiger charge is 2.17. The Morgan fingerprint density at radius 2 is 0.980 bits per heavy atom. The maximum Gasteiger partial charge on any atom is 0.164 e. The van der Waals surface area contributed by atoms with Crippen molar-refractivity contribution >= 4 is 53.3 Å². The van der Waals surface area contributed by atoms with Crippen molar-refractivity contribution in [2.45, 2.75) is 0 Å². The molecule has 0 unspecified atom stereocenters. The molecule has 0 fully saturated rings. The molecule has 234 valence electrons. The molecule has 10 rings (SSSR count). The summed E-state index contributed by atoms with van der Waals surface area (Å²) in [7, 11) is 0. The molecule has 0 aliphatic carbocycles. The van der Waals surface area contributed by atoms with Gasteiger partial charge < -0.3 is 4.57 Å². The average Bonchev–Trinajstić information content (AvgIpc) is 3.82. The second-order valence-corrected chi connectivity index (χ2v) is 12.8. The van der Waals surface area contributed by atoms with Gasteiger partial charge in [0, 0.05) is 53.3 Å². The standard InChI is InChI=1S/C45H28N4S/c1-3-11-31(12-4-1)43-46-44(32-13-5-2-6-14-32)48-45(47-43)33-21-19-29(20-22-33)30-23-25-34(26-24-30)49-38-17-9-7-16-37(38)41-39(49)28-27-36-35-15-8-10-18-40(35)50-42(36)41/h1-28H/i1D,2D,3D,4D,5D,6D,11D,12D,13D,14D. The maximum absolute atomic E-state index is 8.59. The summed E-state index contributed by atoms with van der Waals surface area (Å²) in [5, 5.41) is 4.92. The normalized spacial score (nSPS) is 14.4. The van der Waals surface area contributed by atoms with Crippen molar-refractivity contribution in [1.82, 2.24) is 19.5 Å². The molecule has 5 heteroatoms. The van der Waals surface area contributed by atoms with Crippen LogP contribution in [-0.4, -0.2) is 19.5 Å². The van der Waals surface area contributed by atoms with Gasteiger partial charge >= 0.3 is 0 Å². The topological polar surface area (TPSA) is 43.6 Å². The minimum Gasteiger partial charge on any atom is -0.309 e. The van der Waals surface area contributed by atoms with Gasteiger partial charge in [0.2, 0.25) is 0 Å². The van der Waals surface area contributed by atoms with Crippen LogP contribution >= 0.6 is 11.3 Å². The molecule has 0 spiro atoms. The molecule has 7 aromatic carbocycles. The lowest BCUT2D eigenvalue weighted by Gasteiger charge is -2.10. The molecule has 0 saturated heterocycles. The molecule has 0 saturated carbocycles. The number of aromatic nitrogens is 4. The number of thiophene rings is 1. The van der Waals surface area contributed by atoms with E-state index in [2.05, 4.69) is 104 Å². The van der Waals surface area contributed by atoms with Gasteiger partial charge in [-0.25, -0.2) is 15.0 Å². The van der Waals surface area contributed by atoms with E-state index in [-0.39, 0.29) is 28.6 Å². The first-order valence-electron chi connectivity index (χ1n) is 20.9. The molecule has 3 aromatic heterocycles. The Kier molecular flexibility index (Phi) is 4.69. The zero-order valence-electron chi connectivity index (χ0n) is 36.1. The number of fused-ring (bicyclic) bond motifs is 7. The van der Waals surface area contributed by atoms with Crippen LogP contribution in [0.15, 0.2) is 170 Å². The van der Waals surface area contributed by atoms with E-state index in [0.717, 1.165) is 27.8 Å². The minimum absolute atomic E-state index is 0.00892. The highest BCUT2D eigenvalue weighted by molar-refractivity contribution is 7.26. The van der Waals surface area contributed by atoms with E-state index in [9.17, 15) is 0 Å². The second kappa shape index (κ2) is 11.6. The Morgan fingerprint density at radius 3 is 1.64 bits per heavy atom. The number of hydrogen-bond donors (Lipinski definition) is 0. The van der Waals surface area contributed by atoms with Gasteiger partial charge in [0.05, 0.1) is 24.7 Å². The van der Waals surface area contributed by atoms with Crippen LogP contribution in [-0.2, 0) is 0 Å². The van der Waals surface area contributed by atoms with Gasteiger partial charge in [-0.1, -0.05) is 139 Å². The molecule has 0 radical (unpaired) electrons. The summed E-state index contributed by atoms with van der Waals surface area (Å²) in [6, 6.07) is 31.2. The molecule has 3 heterocycles. The molecule has 4 nitrogen and oxygen atoms in total. The SMILES string of the molecule is [2H]c1c([2H])c([2H])c(-c2nc(-c3ccc(-c4ccc(-n5c6ccccc6c6c7sc8ccccc8c7ccc65)cc4)cc3)nc(-c3c([2H])c([2H])c([2H])c([2H])c3[2H])n2)c([2H])c1[2H]. The van der Waals surface area contributed by atoms with Crippen LogP contribution in [0.4, 0.5) is 0 Å². The van der Waals surface area contributed by atoms with Crippen molar-refractivity contribution in [3.05, 3.63) is 170 Å². The molecule has 10 aromatic rings. The highest BCUT2D eigenvalue weighted by Crippen LogP contribution is 2.43. The van der Waals surface area contributed by atoms with E-state index in [4.69, 9.17) is 13.7 Å². The summed E-state index contributed by atoms with van der Waals surface area (Å²) in [6.07, 6.45) is 0. The summed E-state index contributed by atoms with van der Waals surface area (Å²) in [5.41, 5.74) is 4.88. The smallest absolute Gasteiger partial charge is 0.164 e. The molecule has 0 atom stereocenters. The van der Waals surface area contributed by atoms with Gasteiger partial charge in [0.25, 0.3) is 0 Å². The molecular formula is C45H28N4S. The van der Waals surface area contributed by atoms with Crippen molar-refractivity contribution in [2.24, 2.45) is 0 Å². The molecular weight excluding hydrogens is 629 g/mol. The van der Waals surface area contributed by atoms with E-state index in [0.29, 0.717) is 5.56 Å². The quantitative estimate of drug-likeness (QED) is 0.184. The van der Waals surface area contributed by atoms with Crippen LogP contribution in [0.2, 0.25) is 0 Å². The Labute approximate surface area is 306 Å². The Bertz CT molecular complexity index is 3290. The van der Waals surface area contributed by atoms with Crippen LogP contribution in [0, 0.1) is 0 Å². The summed E-state index contributed by atoms with van der Waals surface area (Å²) in [6.45, 7) is 0. The predicted molar refractivity (Wildman–Crippen MR) is 209 cm³/mol. The van der Waals surface area contributed by atoms with Crippen molar-refractivity contribution in [3.8, 4) is 51.0 Å². The minimum atomic E-state index is -0.598. The van der Waals surface area contributed by atoms with Gasteiger partial charge in [-0.3, -0.25) is 0 Å². The van der Waals surface area contributed by atoms with E-state index < -0.39 is 60.4 Å². The Balaban J connectivity index is 1.06. The second-order valence-electron chi connectivity index (χ2n) is 11.7. The lowest BCUT2D eigenvalue weighted by Crippen LogP contribution is -2.00. The van der Waals surface area contributed by atoms with Crippen molar-refractivity contribution in [2.75, 3.05) is 0 Å². The fraction of sp³-hybridized carbons (Fsp3) is 0. The van der Waals surface area contributed by atoms with E-state index in [1.807, 2.05) is 23.5 Å². The lowest BCUT2D eigenvalue weighted by molar-refractivity contribution is 1.07. The van der Waals surface area contributed by atoms with Crippen LogP contribution in [0.1, 0.15) is 13.7 Å². The summed E-state index contributed by atoms with van der Waals surface area (Å²) < 4.78 is 88.2. The molecule has 0 bridgehead atoms. The van der Waals surface area contributed by atoms with E-state index in [1.165, 1.54) is 30.9 Å². The Morgan fingerprint density at radius 1 is 0.440 bits per heavy atom. The Hall–Kier alpha value is -6.43. The van der Waals surface area contributed by atoms with Crippen molar-refractivity contribution in [3.63, 3.8) is 0 Å². The number of para-hydroxylation sites is 1. The van der Waals surface area contributed by atoms with Crippen LogP contribution in [0.3, 0.4) is 0 Å². The predicted octanol–water partition coefficient (Wildman–Crippen LogP) is 12.0. The third-order valence-corrected chi connectivity index (χ3v) is 10.1. The lowest BCUT2D eigenvalue weighted by atomic mass is 10.0. The fourth-order valence-corrected chi connectivity index (χ4v) is 7.84.